The highest BCUT2D eigenvalue weighted by Crippen LogP contribution is 2.19. The molecule has 0 heterocycles. The molecule has 0 atom stereocenters. The van der Waals surface area contributed by atoms with Crippen molar-refractivity contribution < 1.29 is 14.4 Å². The van der Waals surface area contributed by atoms with Crippen molar-refractivity contribution in [1.82, 2.24) is 10.8 Å². The summed E-state index contributed by atoms with van der Waals surface area (Å²) >= 11 is 5.73. The van der Waals surface area contributed by atoms with Gasteiger partial charge in [-0.1, -0.05) is 24.4 Å². The fourth-order valence-corrected chi connectivity index (χ4v) is 2.18. The lowest BCUT2D eigenvalue weighted by Crippen LogP contribution is -2.38. The van der Waals surface area contributed by atoms with E-state index in [0.29, 0.717) is 10.6 Å². The third-order valence-corrected chi connectivity index (χ3v) is 3.41. The molecule has 0 spiro atoms. The Bertz CT molecular complexity index is 470. The molecule has 0 unspecified atom stereocenters. The van der Waals surface area contributed by atoms with Crippen LogP contribution in [0.15, 0.2) is 24.3 Å². The van der Waals surface area contributed by atoms with Crippen molar-refractivity contribution in [3.8, 4) is 0 Å². The lowest BCUT2D eigenvalue weighted by atomic mass is 10.2. The van der Waals surface area contributed by atoms with Gasteiger partial charge in [0.2, 0.25) is 0 Å². The maximum absolute atomic E-state index is 11.7. The van der Waals surface area contributed by atoms with Crippen LogP contribution < -0.4 is 10.8 Å². The molecule has 6 heteroatoms. The number of halogens is 1. The zero-order chi connectivity index (χ0) is 14.4. The van der Waals surface area contributed by atoms with Crippen molar-refractivity contribution in [2.24, 2.45) is 0 Å². The Labute approximate surface area is 122 Å². The van der Waals surface area contributed by atoms with E-state index in [1.807, 2.05) is 0 Å². The molecule has 1 fully saturated rings. The summed E-state index contributed by atoms with van der Waals surface area (Å²) in [7, 11) is 0. The van der Waals surface area contributed by atoms with E-state index >= 15 is 0 Å². The molecule has 108 valence electrons. The zero-order valence-electron chi connectivity index (χ0n) is 11.0. The van der Waals surface area contributed by atoms with Crippen LogP contribution in [-0.4, -0.2) is 24.5 Å². The van der Waals surface area contributed by atoms with Crippen LogP contribution in [0.2, 0.25) is 5.02 Å². The Morgan fingerprint density at radius 1 is 1.20 bits per heavy atom. The summed E-state index contributed by atoms with van der Waals surface area (Å²) in [5.41, 5.74) is 2.82. The van der Waals surface area contributed by atoms with Gasteiger partial charge in [-0.2, -0.15) is 0 Å². The standard InChI is InChI=1S/C14H17ClN2O3/c15-11-7-5-10(6-8-11)14(19)16-9-13(18)17-20-12-3-1-2-4-12/h5-8,12H,1-4,9H2,(H,16,19)(H,17,18). The fraction of sp³-hybridized carbons (Fsp3) is 0.429. The monoisotopic (exact) mass is 296 g/mol. The number of benzene rings is 1. The average Bonchev–Trinajstić information content (AvgIpc) is 2.96. The third kappa shape index (κ3) is 4.51. The molecule has 1 aliphatic carbocycles. The summed E-state index contributed by atoms with van der Waals surface area (Å²) in [5, 5.41) is 3.08. The molecule has 0 saturated heterocycles. The number of hydrogen-bond donors (Lipinski definition) is 2. The molecule has 5 nitrogen and oxygen atoms in total. The Morgan fingerprint density at radius 3 is 2.50 bits per heavy atom. The summed E-state index contributed by atoms with van der Waals surface area (Å²) in [5.74, 6) is -0.683. The largest absolute Gasteiger partial charge is 0.343 e. The van der Waals surface area contributed by atoms with Crippen LogP contribution in [0.25, 0.3) is 0 Å². The minimum atomic E-state index is -0.362. The molecule has 1 saturated carbocycles. The van der Waals surface area contributed by atoms with E-state index in [9.17, 15) is 9.59 Å². The second-order valence-electron chi connectivity index (χ2n) is 4.74. The highest BCUT2D eigenvalue weighted by atomic mass is 35.5. The fourth-order valence-electron chi connectivity index (χ4n) is 2.06. The Hall–Kier alpha value is -1.59. The molecule has 2 rings (SSSR count). The van der Waals surface area contributed by atoms with Crippen LogP contribution in [0.4, 0.5) is 0 Å². The summed E-state index contributed by atoms with van der Waals surface area (Å²) in [6.07, 6.45) is 4.31. The van der Waals surface area contributed by atoms with E-state index in [1.165, 1.54) is 0 Å². The lowest BCUT2D eigenvalue weighted by Gasteiger charge is -2.11. The number of amides is 2. The third-order valence-electron chi connectivity index (χ3n) is 3.16. The van der Waals surface area contributed by atoms with Gasteiger partial charge in [0, 0.05) is 10.6 Å². The molecule has 2 N–H and O–H groups in total. The van der Waals surface area contributed by atoms with E-state index < -0.39 is 0 Å². The van der Waals surface area contributed by atoms with Gasteiger partial charge in [0.1, 0.15) is 0 Å². The molecule has 0 aliphatic heterocycles. The SMILES string of the molecule is O=C(CNC(=O)c1ccc(Cl)cc1)NOC1CCCC1. The minimum absolute atomic E-state index is 0.103. The van der Waals surface area contributed by atoms with E-state index in [-0.39, 0.29) is 24.5 Å². The number of carbonyl (C=O) groups is 2. The van der Waals surface area contributed by atoms with Gasteiger partial charge in [0.15, 0.2) is 0 Å². The topological polar surface area (TPSA) is 67.4 Å². The second-order valence-corrected chi connectivity index (χ2v) is 5.18. The average molecular weight is 297 g/mol. The van der Waals surface area contributed by atoms with Gasteiger partial charge in [0.05, 0.1) is 12.6 Å². The molecule has 0 bridgehead atoms. The van der Waals surface area contributed by atoms with Crippen molar-refractivity contribution in [3.63, 3.8) is 0 Å². The predicted molar refractivity (Wildman–Crippen MR) is 75.3 cm³/mol. The van der Waals surface area contributed by atoms with Gasteiger partial charge in [-0.25, -0.2) is 5.48 Å². The first kappa shape index (κ1) is 14.8. The number of nitrogens with one attached hydrogen (secondary N) is 2. The van der Waals surface area contributed by atoms with Crippen molar-refractivity contribution in [2.45, 2.75) is 31.8 Å². The molecule has 1 aliphatic rings. The van der Waals surface area contributed by atoms with Crippen molar-refractivity contribution in [1.29, 1.82) is 0 Å². The predicted octanol–water partition coefficient (Wildman–Crippen LogP) is 2.06. The number of hydroxylamine groups is 1. The van der Waals surface area contributed by atoms with Gasteiger partial charge in [-0.05, 0) is 37.1 Å². The molecular weight excluding hydrogens is 280 g/mol. The normalized spacial score (nSPS) is 15.1. The van der Waals surface area contributed by atoms with Gasteiger partial charge >= 0.3 is 0 Å². The first-order valence-corrected chi connectivity index (χ1v) is 7.01. The molecule has 0 radical (unpaired) electrons. The van der Waals surface area contributed by atoms with E-state index in [1.54, 1.807) is 24.3 Å². The highest BCUT2D eigenvalue weighted by Gasteiger charge is 2.17. The molecule has 1 aromatic carbocycles. The number of hydrogen-bond acceptors (Lipinski definition) is 3. The summed E-state index contributed by atoms with van der Waals surface area (Å²) < 4.78 is 0. The number of rotatable bonds is 5. The quantitative estimate of drug-likeness (QED) is 0.817. The molecule has 0 aromatic heterocycles. The first-order chi connectivity index (χ1) is 9.65. The zero-order valence-corrected chi connectivity index (χ0v) is 11.8. The van der Waals surface area contributed by atoms with E-state index in [4.69, 9.17) is 16.4 Å². The smallest absolute Gasteiger partial charge is 0.262 e. The van der Waals surface area contributed by atoms with Gasteiger partial charge in [0.25, 0.3) is 11.8 Å². The van der Waals surface area contributed by atoms with E-state index in [2.05, 4.69) is 10.8 Å². The molecule has 20 heavy (non-hydrogen) atoms. The molecule has 1 aromatic rings. The molecule has 2 amide bonds. The second kappa shape index (κ2) is 7.26. The van der Waals surface area contributed by atoms with Crippen molar-refractivity contribution in [3.05, 3.63) is 34.9 Å². The van der Waals surface area contributed by atoms with Crippen LogP contribution >= 0.6 is 11.6 Å². The number of carbonyl (C=O) groups excluding carboxylic acids is 2. The van der Waals surface area contributed by atoms with Crippen LogP contribution in [0.1, 0.15) is 36.0 Å². The van der Waals surface area contributed by atoms with Gasteiger partial charge < -0.3 is 5.32 Å². The van der Waals surface area contributed by atoms with Gasteiger partial charge in [-0.15, -0.1) is 0 Å². The van der Waals surface area contributed by atoms with Gasteiger partial charge in [-0.3, -0.25) is 14.4 Å². The maximum Gasteiger partial charge on any atom is 0.262 e. The van der Waals surface area contributed by atoms with Crippen LogP contribution in [-0.2, 0) is 9.63 Å². The van der Waals surface area contributed by atoms with Crippen molar-refractivity contribution >= 4 is 23.4 Å². The summed E-state index contributed by atoms with van der Waals surface area (Å²) in [6.45, 7) is -0.117. The van der Waals surface area contributed by atoms with Crippen LogP contribution in [0.3, 0.4) is 0 Å². The maximum atomic E-state index is 11.7. The lowest BCUT2D eigenvalue weighted by molar-refractivity contribution is -0.137. The Kier molecular flexibility index (Phi) is 5.38. The van der Waals surface area contributed by atoms with Crippen LogP contribution in [0, 0.1) is 0 Å². The Morgan fingerprint density at radius 2 is 1.85 bits per heavy atom. The molecular formula is C14H17ClN2O3. The summed E-state index contributed by atoms with van der Waals surface area (Å²) in [4.78, 5) is 28.5. The van der Waals surface area contributed by atoms with E-state index in [0.717, 1.165) is 25.7 Å². The Balaban J connectivity index is 1.69. The minimum Gasteiger partial charge on any atom is -0.343 e. The van der Waals surface area contributed by atoms with Crippen LogP contribution in [0.5, 0.6) is 0 Å². The highest BCUT2D eigenvalue weighted by molar-refractivity contribution is 6.30. The first-order valence-electron chi connectivity index (χ1n) is 6.63. The van der Waals surface area contributed by atoms with Crippen molar-refractivity contribution in [2.75, 3.05) is 6.54 Å². The summed E-state index contributed by atoms with van der Waals surface area (Å²) in [6, 6.07) is 6.45.